The standard InChI is InChI=1S/C17H31N5S.HI/c1-4-16-21-15(12-23-16)11-22-7-5-14(6-8-22)10-20-17(18)19-9-13(2)3;/h12-14H,4-11H2,1-3H3,(H3,18,19,20);1H. The van der Waals surface area contributed by atoms with Crippen molar-refractivity contribution >= 4 is 41.3 Å². The molecular weight excluding hydrogens is 433 g/mol. The normalized spacial score (nSPS) is 17.1. The number of piperidine rings is 1. The summed E-state index contributed by atoms with van der Waals surface area (Å²) in [5, 5.41) is 6.73. The number of hydrogen-bond acceptors (Lipinski definition) is 4. The molecule has 0 unspecified atom stereocenters. The highest BCUT2D eigenvalue weighted by Gasteiger charge is 2.19. The first-order chi connectivity index (χ1) is 11.1. The van der Waals surface area contributed by atoms with E-state index in [0.717, 1.165) is 39.1 Å². The molecule has 24 heavy (non-hydrogen) atoms. The summed E-state index contributed by atoms with van der Waals surface area (Å²) >= 11 is 1.78. The minimum Gasteiger partial charge on any atom is -0.370 e. The predicted octanol–water partition coefficient (Wildman–Crippen LogP) is 3.10. The van der Waals surface area contributed by atoms with Gasteiger partial charge in [-0.3, -0.25) is 9.89 Å². The van der Waals surface area contributed by atoms with E-state index in [2.05, 4.69) is 46.3 Å². The molecule has 7 heteroatoms. The molecule has 0 aliphatic carbocycles. The summed E-state index contributed by atoms with van der Waals surface area (Å²) in [6.07, 6.45) is 3.47. The van der Waals surface area contributed by atoms with E-state index in [9.17, 15) is 0 Å². The molecule has 0 aromatic carbocycles. The number of aliphatic imine (C=N–C) groups is 1. The molecule has 1 aromatic heterocycles. The van der Waals surface area contributed by atoms with Gasteiger partial charge in [0.25, 0.3) is 0 Å². The topological polar surface area (TPSA) is 66.5 Å². The summed E-state index contributed by atoms with van der Waals surface area (Å²) in [5.41, 5.74) is 7.14. The third-order valence-electron chi connectivity index (χ3n) is 4.19. The highest BCUT2D eigenvalue weighted by molar-refractivity contribution is 14.0. The summed E-state index contributed by atoms with van der Waals surface area (Å²) in [6.45, 7) is 11.5. The van der Waals surface area contributed by atoms with Crippen LogP contribution in [0.3, 0.4) is 0 Å². The van der Waals surface area contributed by atoms with E-state index in [4.69, 9.17) is 5.73 Å². The number of nitrogens with two attached hydrogens (primary N) is 1. The Kier molecular flexibility index (Phi) is 10.1. The first-order valence-corrected chi connectivity index (χ1v) is 9.64. The number of guanidine groups is 1. The first-order valence-electron chi connectivity index (χ1n) is 8.76. The maximum absolute atomic E-state index is 5.91. The molecule has 1 fully saturated rings. The van der Waals surface area contributed by atoms with Crippen LogP contribution in [-0.4, -0.2) is 42.0 Å². The molecule has 1 aromatic rings. The fourth-order valence-electron chi connectivity index (χ4n) is 2.75. The van der Waals surface area contributed by atoms with Crippen LogP contribution >= 0.6 is 35.3 Å². The molecule has 138 valence electrons. The number of aryl methyl sites for hydroxylation is 1. The number of thiazole rings is 1. The number of nitrogens with zero attached hydrogens (tertiary/aromatic N) is 3. The van der Waals surface area contributed by atoms with Gasteiger partial charge in [0.15, 0.2) is 5.96 Å². The SMILES string of the molecule is CCc1nc(CN2CCC(CNC(N)=NCC(C)C)CC2)cs1.I. The van der Waals surface area contributed by atoms with Gasteiger partial charge in [0.1, 0.15) is 0 Å². The second-order valence-electron chi connectivity index (χ2n) is 6.81. The van der Waals surface area contributed by atoms with Gasteiger partial charge in [0.05, 0.1) is 10.7 Å². The van der Waals surface area contributed by atoms with Crippen LogP contribution in [0.1, 0.15) is 44.3 Å². The molecule has 0 amide bonds. The molecule has 5 nitrogen and oxygen atoms in total. The van der Waals surface area contributed by atoms with E-state index in [1.165, 1.54) is 23.5 Å². The van der Waals surface area contributed by atoms with Gasteiger partial charge in [-0.25, -0.2) is 4.98 Å². The minimum atomic E-state index is 0. The Bertz CT molecular complexity index is 495. The Balaban J connectivity index is 0.00000288. The van der Waals surface area contributed by atoms with Gasteiger partial charge in [-0.05, 0) is 44.2 Å². The Hall–Kier alpha value is -0.410. The van der Waals surface area contributed by atoms with Crippen molar-refractivity contribution in [3.63, 3.8) is 0 Å². The van der Waals surface area contributed by atoms with Crippen LogP contribution in [0.4, 0.5) is 0 Å². The van der Waals surface area contributed by atoms with Crippen molar-refractivity contribution < 1.29 is 0 Å². The molecule has 0 bridgehead atoms. The lowest BCUT2D eigenvalue weighted by Crippen LogP contribution is -2.40. The van der Waals surface area contributed by atoms with Crippen molar-refractivity contribution in [1.82, 2.24) is 15.2 Å². The van der Waals surface area contributed by atoms with Crippen LogP contribution in [0.2, 0.25) is 0 Å². The molecular formula is C17H32IN5S. The van der Waals surface area contributed by atoms with Crippen LogP contribution in [0, 0.1) is 11.8 Å². The Labute approximate surface area is 167 Å². The molecule has 0 atom stereocenters. The van der Waals surface area contributed by atoms with Gasteiger partial charge in [-0.15, -0.1) is 35.3 Å². The lowest BCUT2D eigenvalue weighted by molar-refractivity contribution is 0.176. The second kappa shape index (κ2) is 11.3. The zero-order valence-electron chi connectivity index (χ0n) is 15.1. The molecule has 0 radical (unpaired) electrons. The van der Waals surface area contributed by atoms with Gasteiger partial charge in [-0.1, -0.05) is 20.8 Å². The van der Waals surface area contributed by atoms with Crippen LogP contribution in [0.15, 0.2) is 10.4 Å². The van der Waals surface area contributed by atoms with E-state index in [1.54, 1.807) is 11.3 Å². The molecule has 1 aliphatic heterocycles. The molecule has 1 saturated heterocycles. The molecule has 3 N–H and O–H groups in total. The third kappa shape index (κ3) is 7.65. The summed E-state index contributed by atoms with van der Waals surface area (Å²) in [6, 6.07) is 0. The Morgan fingerprint density at radius 3 is 2.75 bits per heavy atom. The average Bonchev–Trinajstić information content (AvgIpc) is 3.00. The van der Waals surface area contributed by atoms with Gasteiger partial charge >= 0.3 is 0 Å². The number of halogens is 1. The van der Waals surface area contributed by atoms with E-state index < -0.39 is 0 Å². The number of aromatic nitrogens is 1. The highest BCUT2D eigenvalue weighted by atomic mass is 127. The van der Waals surface area contributed by atoms with E-state index in [1.807, 2.05) is 0 Å². The molecule has 1 aliphatic rings. The van der Waals surface area contributed by atoms with E-state index in [0.29, 0.717) is 17.8 Å². The van der Waals surface area contributed by atoms with Gasteiger partial charge in [-0.2, -0.15) is 0 Å². The predicted molar refractivity (Wildman–Crippen MR) is 114 cm³/mol. The maximum atomic E-state index is 5.91. The van der Waals surface area contributed by atoms with Crippen molar-refractivity contribution in [3.8, 4) is 0 Å². The van der Waals surface area contributed by atoms with Gasteiger partial charge < -0.3 is 11.1 Å². The Morgan fingerprint density at radius 2 is 2.17 bits per heavy atom. The fraction of sp³-hybridized carbons (Fsp3) is 0.765. The Morgan fingerprint density at radius 1 is 1.46 bits per heavy atom. The minimum absolute atomic E-state index is 0. The van der Waals surface area contributed by atoms with Crippen LogP contribution in [0.25, 0.3) is 0 Å². The number of likely N-dealkylation sites (tertiary alicyclic amines) is 1. The maximum Gasteiger partial charge on any atom is 0.188 e. The fourth-order valence-corrected chi connectivity index (χ4v) is 3.48. The average molecular weight is 465 g/mol. The third-order valence-corrected chi connectivity index (χ3v) is 5.24. The first kappa shape index (κ1) is 21.6. The molecule has 0 saturated carbocycles. The van der Waals surface area contributed by atoms with Crippen LogP contribution in [0.5, 0.6) is 0 Å². The zero-order chi connectivity index (χ0) is 16.7. The van der Waals surface area contributed by atoms with Gasteiger partial charge in [0.2, 0.25) is 0 Å². The lowest BCUT2D eigenvalue weighted by Gasteiger charge is -2.31. The lowest BCUT2D eigenvalue weighted by atomic mass is 9.97. The summed E-state index contributed by atoms with van der Waals surface area (Å²) in [7, 11) is 0. The molecule has 2 heterocycles. The van der Waals surface area contributed by atoms with E-state index in [-0.39, 0.29) is 24.0 Å². The quantitative estimate of drug-likeness (QED) is 0.369. The van der Waals surface area contributed by atoms with Crippen LogP contribution in [-0.2, 0) is 13.0 Å². The number of hydrogen-bond donors (Lipinski definition) is 2. The summed E-state index contributed by atoms with van der Waals surface area (Å²) < 4.78 is 0. The summed E-state index contributed by atoms with van der Waals surface area (Å²) in [5.74, 6) is 1.84. The second-order valence-corrected chi connectivity index (χ2v) is 7.75. The molecule has 2 rings (SSSR count). The highest BCUT2D eigenvalue weighted by Crippen LogP contribution is 2.19. The van der Waals surface area contributed by atoms with Crippen molar-refractivity contribution in [2.24, 2.45) is 22.6 Å². The van der Waals surface area contributed by atoms with E-state index >= 15 is 0 Å². The smallest absolute Gasteiger partial charge is 0.188 e. The van der Waals surface area contributed by atoms with Crippen LogP contribution < -0.4 is 11.1 Å². The monoisotopic (exact) mass is 465 g/mol. The summed E-state index contributed by atoms with van der Waals surface area (Å²) in [4.78, 5) is 11.5. The van der Waals surface area contributed by atoms with Gasteiger partial charge in [0, 0.05) is 25.0 Å². The van der Waals surface area contributed by atoms with Crippen molar-refractivity contribution in [3.05, 3.63) is 16.1 Å². The van der Waals surface area contributed by atoms with Crippen molar-refractivity contribution in [1.29, 1.82) is 0 Å². The van der Waals surface area contributed by atoms with Crippen molar-refractivity contribution in [2.45, 2.75) is 46.6 Å². The van der Waals surface area contributed by atoms with Crippen molar-refractivity contribution in [2.75, 3.05) is 26.2 Å². The number of nitrogens with one attached hydrogen (secondary N) is 1. The largest absolute Gasteiger partial charge is 0.370 e. The zero-order valence-corrected chi connectivity index (χ0v) is 18.3. The molecule has 0 spiro atoms. The number of rotatable bonds is 7.